The first-order chi connectivity index (χ1) is 16.9. The highest BCUT2D eigenvalue weighted by molar-refractivity contribution is 7.21. The van der Waals surface area contributed by atoms with Gasteiger partial charge < -0.3 is 26.0 Å². The summed E-state index contributed by atoms with van der Waals surface area (Å²) in [7, 11) is 3.64. The van der Waals surface area contributed by atoms with Gasteiger partial charge in [0.15, 0.2) is 0 Å². The highest BCUT2D eigenvalue weighted by atomic mass is 32.1. The quantitative estimate of drug-likeness (QED) is 0.480. The van der Waals surface area contributed by atoms with Gasteiger partial charge in [0.25, 0.3) is 5.91 Å². The fourth-order valence-electron chi connectivity index (χ4n) is 5.22. The molecule has 1 amide bonds. The molecule has 3 atom stereocenters. The van der Waals surface area contributed by atoms with Crippen molar-refractivity contribution in [2.24, 2.45) is 5.92 Å². The van der Waals surface area contributed by atoms with Gasteiger partial charge in [-0.05, 0) is 45.4 Å². The van der Waals surface area contributed by atoms with E-state index in [0.29, 0.717) is 53.7 Å². The number of aromatic nitrogens is 2. The zero-order valence-corrected chi connectivity index (χ0v) is 21.0. The number of methoxy groups -OCH3 is 1. The van der Waals surface area contributed by atoms with Gasteiger partial charge in [-0.15, -0.1) is 11.3 Å². The third-order valence-corrected chi connectivity index (χ3v) is 8.23. The van der Waals surface area contributed by atoms with Crippen LogP contribution < -0.4 is 21.3 Å². The minimum atomic E-state index is -0.263. The van der Waals surface area contributed by atoms with E-state index in [4.69, 9.17) is 15.5 Å². The summed E-state index contributed by atoms with van der Waals surface area (Å²) in [6, 6.07) is 5.41. The summed E-state index contributed by atoms with van der Waals surface area (Å²) in [6.45, 7) is 4.09. The second-order valence-electron chi connectivity index (χ2n) is 9.47. The van der Waals surface area contributed by atoms with Crippen molar-refractivity contribution in [1.29, 1.82) is 0 Å². The number of thiophene rings is 1. The molecule has 0 aromatic carbocycles. The summed E-state index contributed by atoms with van der Waals surface area (Å²) in [5.41, 5.74) is 8.93. The van der Waals surface area contributed by atoms with Crippen LogP contribution in [0.25, 0.3) is 10.2 Å². The van der Waals surface area contributed by atoms with Crippen molar-refractivity contribution >= 4 is 39.0 Å². The van der Waals surface area contributed by atoms with Gasteiger partial charge >= 0.3 is 0 Å². The predicted molar refractivity (Wildman–Crippen MR) is 137 cm³/mol. The number of ether oxygens (including phenoxy) is 1. The number of rotatable bonds is 6. The lowest BCUT2D eigenvalue weighted by molar-refractivity contribution is 0.0938. The largest absolute Gasteiger partial charge is 0.397 e. The molecular formula is C25H31FN6O2S. The summed E-state index contributed by atoms with van der Waals surface area (Å²) in [4.78, 5) is 25.6. The molecule has 10 heteroatoms. The van der Waals surface area contributed by atoms with Gasteiger partial charge in [-0.3, -0.25) is 4.79 Å². The van der Waals surface area contributed by atoms with Gasteiger partial charge in [-0.2, -0.15) is 0 Å². The molecule has 0 saturated carbocycles. The van der Waals surface area contributed by atoms with Crippen molar-refractivity contribution in [2.45, 2.75) is 38.3 Å². The minimum absolute atomic E-state index is 0.178. The molecule has 4 heterocycles. The molecule has 3 unspecified atom stereocenters. The summed E-state index contributed by atoms with van der Waals surface area (Å²) in [5, 5.41) is 7.18. The molecule has 5 rings (SSSR count). The van der Waals surface area contributed by atoms with Crippen molar-refractivity contribution in [1.82, 2.24) is 20.6 Å². The second kappa shape index (κ2) is 9.67. The lowest BCUT2D eigenvalue weighted by Crippen LogP contribution is -2.39. The van der Waals surface area contributed by atoms with Crippen LogP contribution in [0.2, 0.25) is 0 Å². The number of anilines is 2. The molecule has 1 aliphatic carbocycles. The average molecular weight is 499 g/mol. The van der Waals surface area contributed by atoms with Gasteiger partial charge in [0.2, 0.25) is 0 Å². The third-order valence-electron chi connectivity index (χ3n) is 7.11. The first kappa shape index (κ1) is 23.9. The molecule has 1 saturated heterocycles. The Morgan fingerprint density at radius 1 is 1.34 bits per heavy atom. The van der Waals surface area contributed by atoms with Crippen LogP contribution >= 0.6 is 11.3 Å². The highest BCUT2D eigenvalue weighted by Gasteiger charge is 2.34. The molecule has 0 radical (unpaired) electrons. The summed E-state index contributed by atoms with van der Waals surface area (Å²) in [6.07, 6.45) is 1.72. The number of amides is 1. The Morgan fingerprint density at radius 3 is 2.94 bits per heavy atom. The standard InChI is InChI=1S/C25H31FN6O2S/c1-13-4-6-16-22(27)23(35-25(16)29-13)24(33)30-15-5-7-19-17(8-15)18(26)9-21(31-19)32-10-14(12-34-3)20(11-32)28-2/h4,6,9,14-15,20,28H,5,7-8,10-12,27H2,1-3H3,(H,30,33). The van der Waals surface area contributed by atoms with Crippen LogP contribution in [0.1, 0.15) is 33.0 Å². The first-order valence-corrected chi connectivity index (χ1v) is 12.8. The van der Waals surface area contributed by atoms with Crippen LogP contribution in [0, 0.1) is 18.7 Å². The molecule has 2 aliphatic rings. The lowest BCUT2D eigenvalue weighted by atomic mass is 9.91. The van der Waals surface area contributed by atoms with E-state index >= 15 is 4.39 Å². The zero-order valence-electron chi connectivity index (χ0n) is 20.2. The minimum Gasteiger partial charge on any atom is -0.397 e. The Hall–Kier alpha value is -2.82. The van der Waals surface area contributed by atoms with E-state index in [1.165, 1.54) is 17.4 Å². The van der Waals surface area contributed by atoms with Crippen molar-refractivity contribution in [3.05, 3.63) is 45.8 Å². The maximum absolute atomic E-state index is 15.2. The van der Waals surface area contributed by atoms with E-state index in [-0.39, 0.29) is 23.8 Å². The number of pyridine rings is 2. The number of hydrogen-bond acceptors (Lipinski definition) is 8. The van der Waals surface area contributed by atoms with E-state index in [9.17, 15) is 4.79 Å². The molecule has 35 heavy (non-hydrogen) atoms. The molecule has 1 aliphatic heterocycles. The number of likely N-dealkylation sites (N-methyl/N-ethyl adjacent to an activating group) is 1. The number of carbonyl (C=O) groups is 1. The van der Waals surface area contributed by atoms with Crippen molar-refractivity contribution < 1.29 is 13.9 Å². The maximum Gasteiger partial charge on any atom is 0.263 e. The van der Waals surface area contributed by atoms with Gasteiger partial charge in [-0.25, -0.2) is 14.4 Å². The smallest absolute Gasteiger partial charge is 0.263 e. The number of aryl methyl sites for hydroxylation is 2. The Bertz CT molecular complexity index is 1260. The molecule has 3 aromatic heterocycles. The van der Waals surface area contributed by atoms with E-state index in [1.807, 2.05) is 26.1 Å². The monoisotopic (exact) mass is 498 g/mol. The van der Waals surface area contributed by atoms with E-state index < -0.39 is 0 Å². The van der Waals surface area contributed by atoms with Crippen molar-refractivity contribution in [2.75, 3.05) is 44.5 Å². The molecule has 4 N–H and O–H groups in total. The van der Waals surface area contributed by atoms with Gasteiger partial charge in [0.1, 0.15) is 21.3 Å². The number of nitrogen functional groups attached to an aromatic ring is 1. The number of halogens is 1. The normalized spacial score (nSPS) is 21.9. The number of nitrogens with two attached hydrogens (primary N) is 1. The van der Waals surface area contributed by atoms with Gasteiger partial charge in [-0.1, -0.05) is 0 Å². The van der Waals surface area contributed by atoms with Crippen molar-refractivity contribution in [3.8, 4) is 0 Å². The van der Waals surface area contributed by atoms with Crippen LogP contribution in [0.15, 0.2) is 18.2 Å². The van der Waals surface area contributed by atoms with E-state index in [0.717, 1.165) is 34.7 Å². The fourth-order valence-corrected chi connectivity index (χ4v) is 6.26. The van der Waals surface area contributed by atoms with Crippen LogP contribution in [-0.4, -0.2) is 61.8 Å². The summed E-state index contributed by atoms with van der Waals surface area (Å²) in [5.74, 6) is 0.497. The number of hydrogen-bond donors (Lipinski definition) is 3. The second-order valence-corrected chi connectivity index (χ2v) is 10.5. The van der Waals surface area contributed by atoms with Crippen LogP contribution in [0.3, 0.4) is 0 Å². The zero-order chi connectivity index (χ0) is 24.7. The fraction of sp³-hybridized carbons (Fsp3) is 0.480. The molecule has 0 bridgehead atoms. The van der Waals surface area contributed by atoms with Crippen molar-refractivity contribution in [3.63, 3.8) is 0 Å². The lowest BCUT2D eigenvalue weighted by Gasteiger charge is -2.27. The SMILES string of the molecule is CNC1CN(c2cc(F)c3c(n2)CCC(NC(=O)c2sc4nc(C)ccc4c2N)C3)CC1COC. The van der Waals surface area contributed by atoms with Gasteiger partial charge in [0, 0.05) is 66.6 Å². The molecule has 8 nitrogen and oxygen atoms in total. The predicted octanol–water partition coefficient (Wildman–Crippen LogP) is 2.68. The maximum atomic E-state index is 15.2. The molecule has 186 valence electrons. The van der Waals surface area contributed by atoms with Gasteiger partial charge in [0.05, 0.1) is 12.3 Å². The number of fused-ring (bicyclic) bond motifs is 2. The Labute approximate surface area is 208 Å². The van der Waals surface area contributed by atoms with Crippen LogP contribution in [0.5, 0.6) is 0 Å². The first-order valence-electron chi connectivity index (χ1n) is 11.9. The molecule has 1 fully saturated rings. The van der Waals surface area contributed by atoms with Crippen LogP contribution in [0.4, 0.5) is 15.9 Å². The Balaban J connectivity index is 1.30. The van der Waals surface area contributed by atoms with E-state index in [2.05, 4.69) is 20.5 Å². The topological polar surface area (TPSA) is 105 Å². The highest BCUT2D eigenvalue weighted by Crippen LogP contribution is 2.33. The molecule has 3 aromatic rings. The Morgan fingerprint density at radius 2 is 2.17 bits per heavy atom. The number of carbonyl (C=O) groups excluding carboxylic acids is 1. The summed E-state index contributed by atoms with van der Waals surface area (Å²) >= 11 is 1.29. The average Bonchev–Trinajstić information content (AvgIpc) is 3.40. The van der Waals surface area contributed by atoms with E-state index in [1.54, 1.807) is 7.11 Å². The molecule has 0 spiro atoms. The summed E-state index contributed by atoms with van der Waals surface area (Å²) < 4.78 is 20.6. The number of nitrogens with one attached hydrogen (secondary N) is 2. The van der Waals surface area contributed by atoms with Crippen LogP contribution in [-0.2, 0) is 17.6 Å². The third kappa shape index (κ3) is 4.57. The molecular weight excluding hydrogens is 467 g/mol. The Kier molecular flexibility index (Phi) is 6.61. The number of nitrogens with zero attached hydrogens (tertiary/aromatic N) is 3.